The number of aliphatic hydroxyl groups is 1. The number of amides is 1. The highest BCUT2D eigenvalue weighted by atomic mass is 32.2. The monoisotopic (exact) mass is 384 g/mol. The Kier molecular flexibility index (Phi) is 6.10. The Hall–Kier alpha value is -2.84. The van der Waals surface area contributed by atoms with Gasteiger partial charge in [0, 0.05) is 10.5 Å². The summed E-state index contributed by atoms with van der Waals surface area (Å²) in [5, 5.41) is 21.2. The Morgan fingerprint density at radius 3 is 2.78 bits per heavy atom. The van der Waals surface area contributed by atoms with Gasteiger partial charge in [0.25, 0.3) is 5.91 Å². The number of carbonyl (C=O) groups is 1. The number of ether oxygens (including phenoxy) is 1. The summed E-state index contributed by atoms with van der Waals surface area (Å²) in [7, 11) is 1.55. The highest BCUT2D eigenvalue weighted by Crippen LogP contribution is 2.26. The van der Waals surface area contributed by atoms with E-state index in [9.17, 15) is 9.90 Å². The lowest BCUT2D eigenvalue weighted by Gasteiger charge is -2.14. The van der Waals surface area contributed by atoms with Crippen LogP contribution in [0.4, 0.5) is 5.69 Å². The Morgan fingerprint density at radius 2 is 2.00 bits per heavy atom. The van der Waals surface area contributed by atoms with Crippen molar-refractivity contribution in [3.63, 3.8) is 0 Å². The number of hydrogen-bond acceptors (Lipinski definition) is 6. The minimum atomic E-state index is -0.837. The Balaban J connectivity index is 1.70. The van der Waals surface area contributed by atoms with Crippen molar-refractivity contribution in [2.45, 2.75) is 17.5 Å². The Morgan fingerprint density at radius 1 is 1.26 bits per heavy atom. The lowest BCUT2D eigenvalue weighted by atomic mass is 10.1. The number of benzene rings is 2. The molecule has 1 heterocycles. The van der Waals surface area contributed by atoms with Gasteiger partial charge in [-0.05, 0) is 24.5 Å². The molecule has 0 aliphatic heterocycles. The topological polar surface area (TPSA) is 89.3 Å². The third-order valence-electron chi connectivity index (χ3n) is 3.98. The molecule has 3 aromatic rings. The first-order valence-electron chi connectivity index (χ1n) is 8.28. The van der Waals surface area contributed by atoms with E-state index in [4.69, 9.17) is 4.74 Å². The molecule has 0 saturated carbocycles. The van der Waals surface area contributed by atoms with Gasteiger partial charge >= 0.3 is 0 Å². The number of carbonyl (C=O) groups excluding carboxylic acids is 1. The molecule has 1 atom stereocenters. The predicted molar refractivity (Wildman–Crippen MR) is 104 cm³/mol. The molecule has 27 heavy (non-hydrogen) atoms. The van der Waals surface area contributed by atoms with Crippen molar-refractivity contribution in [2.24, 2.45) is 0 Å². The van der Waals surface area contributed by atoms with Crippen LogP contribution in [0, 0.1) is 0 Å². The Labute approximate surface area is 161 Å². The van der Waals surface area contributed by atoms with Gasteiger partial charge in [-0.15, -0.1) is 16.9 Å². The van der Waals surface area contributed by atoms with E-state index >= 15 is 0 Å². The average Bonchev–Trinajstić information content (AvgIpc) is 3.17. The van der Waals surface area contributed by atoms with Gasteiger partial charge < -0.3 is 15.2 Å². The maximum Gasteiger partial charge on any atom is 0.277 e. The van der Waals surface area contributed by atoms with E-state index in [1.54, 1.807) is 31.0 Å². The molecule has 140 valence electrons. The fourth-order valence-corrected chi connectivity index (χ4v) is 3.20. The van der Waals surface area contributed by atoms with Crippen LogP contribution in [-0.4, -0.2) is 39.4 Å². The molecule has 0 aliphatic rings. The molecular weight excluding hydrogens is 364 g/mol. The lowest BCUT2D eigenvalue weighted by molar-refractivity contribution is 0.102. The van der Waals surface area contributed by atoms with Crippen LogP contribution in [0.5, 0.6) is 5.75 Å². The number of aliphatic hydroxyl groups excluding tert-OH is 1. The number of anilines is 1. The van der Waals surface area contributed by atoms with Crippen molar-refractivity contribution < 1.29 is 14.6 Å². The van der Waals surface area contributed by atoms with Crippen molar-refractivity contribution >= 4 is 23.4 Å². The van der Waals surface area contributed by atoms with Crippen molar-refractivity contribution in [3.05, 3.63) is 66.0 Å². The van der Waals surface area contributed by atoms with Gasteiger partial charge in [-0.1, -0.05) is 35.5 Å². The summed E-state index contributed by atoms with van der Waals surface area (Å²) in [6.07, 6.45) is 2.62. The number of para-hydroxylation sites is 2. The Bertz CT molecular complexity index is 929. The van der Waals surface area contributed by atoms with Crippen molar-refractivity contribution in [2.75, 3.05) is 18.7 Å². The number of nitrogens with zero attached hydrogens (tertiary/aromatic N) is 3. The molecule has 2 N–H and O–H groups in total. The van der Waals surface area contributed by atoms with Crippen LogP contribution in [-0.2, 0) is 6.54 Å². The SMILES string of the molecule is COc1ccccc1[C@H](O)Cn1cc(C(=O)Nc2ccccc2SC)nn1. The van der Waals surface area contributed by atoms with Crippen molar-refractivity contribution in [1.82, 2.24) is 15.0 Å². The van der Waals surface area contributed by atoms with E-state index < -0.39 is 6.10 Å². The minimum absolute atomic E-state index is 0.155. The summed E-state index contributed by atoms with van der Waals surface area (Å²) in [5.41, 5.74) is 1.55. The van der Waals surface area contributed by atoms with Gasteiger partial charge in [0.05, 0.1) is 25.5 Å². The van der Waals surface area contributed by atoms with Crippen LogP contribution in [0.1, 0.15) is 22.2 Å². The van der Waals surface area contributed by atoms with Crippen LogP contribution in [0.25, 0.3) is 0 Å². The van der Waals surface area contributed by atoms with E-state index in [0.717, 1.165) is 10.6 Å². The number of aromatic nitrogens is 3. The molecular formula is C19H20N4O3S. The first kappa shape index (κ1) is 18.9. The normalized spacial score (nSPS) is 11.8. The standard InChI is InChI=1S/C19H20N4O3S/c1-26-17-9-5-3-7-13(17)16(24)12-23-11-15(21-22-23)19(25)20-14-8-4-6-10-18(14)27-2/h3-11,16,24H,12H2,1-2H3,(H,20,25)/t16-/m1/s1. The summed E-state index contributed by atoms with van der Waals surface area (Å²) in [6.45, 7) is 0.155. The smallest absolute Gasteiger partial charge is 0.277 e. The minimum Gasteiger partial charge on any atom is -0.496 e. The van der Waals surface area contributed by atoms with Gasteiger partial charge in [-0.2, -0.15) is 0 Å². The molecule has 0 aliphatic carbocycles. The van der Waals surface area contributed by atoms with Crippen LogP contribution in [0.3, 0.4) is 0 Å². The third kappa shape index (κ3) is 4.47. The highest BCUT2D eigenvalue weighted by molar-refractivity contribution is 7.98. The van der Waals surface area contributed by atoms with Gasteiger partial charge in [-0.3, -0.25) is 4.79 Å². The second-order valence-electron chi connectivity index (χ2n) is 5.74. The third-order valence-corrected chi connectivity index (χ3v) is 4.78. The summed E-state index contributed by atoms with van der Waals surface area (Å²) < 4.78 is 6.70. The van der Waals surface area contributed by atoms with E-state index in [2.05, 4.69) is 15.6 Å². The molecule has 0 spiro atoms. The van der Waals surface area contributed by atoms with Crippen LogP contribution < -0.4 is 10.1 Å². The first-order valence-corrected chi connectivity index (χ1v) is 9.50. The fourth-order valence-electron chi connectivity index (χ4n) is 2.64. The largest absolute Gasteiger partial charge is 0.496 e. The molecule has 7 nitrogen and oxygen atoms in total. The maximum absolute atomic E-state index is 12.4. The van der Waals surface area contributed by atoms with Gasteiger partial charge in [0.15, 0.2) is 5.69 Å². The second kappa shape index (κ2) is 8.70. The first-order chi connectivity index (χ1) is 13.1. The molecule has 0 radical (unpaired) electrons. The van der Waals surface area contributed by atoms with Gasteiger partial charge in [-0.25, -0.2) is 4.68 Å². The second-order valence-corrected chi connectivity index (χ2v) is 6.59. The molecule has 0 bridgehead atoms. The van der Waals surface area contributed by atoms with E-state index in [1.807, 2.05) is 42.7 Å². The van der Waals surface area contributed by atoms with Crippen LogP contribution >= 0.6 is 11.8 Å². The van der Waals surface area contributed by atoms with Crippen LogP contribution in [0.2, 0.25) is 0 Å². The van der Waals surface area contributed by atoms with Gasteiger partial charge in [0.1, 0.15) is 11.9 Å². The molecule has 8 heteroatoms. The summed E-state index contributed by atoms with van der Waals surface area (Å²) in [4.78, 5) is 13.4. The van der Waals surface area contributed by atoms with Crippen molar-refractivity contribution in [3.8, 4) is 5.75 Å². The number of thioether (sulfide) groups is 1. The highest BCUT2D eigenvalue weighted by Gasteiger charge is 2.17. The molecule has 3 rings (SSSR count). The zero-order valence-corrected chi connectivity index (χ0v) is 15.8. The van der Waals surface area contributed by atoms with Crippen molar-refractivity contribution in [1.29, 1.82) is 0 Å². The predicted octanol–water partition coefficient (Wildman–Crippen LogP) is 2.99. The lowest BCUT2D eigenvalue weighted by Crippen LogP contribution is -2.13. The molecule has 1 amide bonds. The number of hydrogen-bond donors (Lipinski definition) is 2. The summed E-state index contributed by atoms with van der Waals surface area (Å²) in [6, 6.07) is 14.8. The van der Waals surface area contributed by atoms with E-state index in [1.165, 1.54) is 10.9 Å². The van der Waals surface area contributed by atoms with E-state index in [-0.39, 0.29) is 18.1 Å². The molecule has 0 saturated heterocycles. The van der Waals surface area contributed by atoms with E-state index in [0.29, 0.717) is 11.3 Å². The zero-order valence-electron chi connectivity index (χ0n) is 15.0. The molecule has 0 fully saturated rings. The fraction of sp³-hybridized carbons (Fsp3) is 0.211. The summed E-state index contributed by atoms with van der Waals surface area (Å²) >= 11 is 1.55. The average molecular weight is 384 g/mol. The quantitative estimate of drug-likeness (QED) is 0.609. The maximum atomic E-state index is 12.4. The van der Waals surface area contributed by atoms with Gasteiger partial charge in [0.2, 0.25) is 0 Å². The summed E-state index contributed by atoms with van der Waals surface area (Å²) in [5.74, 6) is 0.242. The molecule has 1 aromatic heterocycles. The van der Waals surface area contributed by atoms with Crippen LogP contribution in [0.15, 0.2) is 59.6 Å². The number of methoxy groups -OCH3 is 1. The molecule has 2 aromatic carbocycles. The zero-order chi connectivity index (χ0) is 19.2. The number of nitrogens with one attached hydrogen (secondary N) is 1. The molecule has 0 unspecified atom stereocenters. The number of rotatable bonds is 7.